The Balaban J connectivity index is 1.84. The van der Waals surface area contributed by atoms with E-state index < -0.39 is 28.9 Å². The number of carbonyl (C=O) groups excluding carboxylic acids is 1. The predicted molar refractivity (Wildman–Crippen MR) is 153 cm³/mol. The molecule has 3 N–H and O–H groups in total. The number of allylic oxidation sites excluding steroid dienone is 1. The van der Waals surface area contributed by atoms with Gasteiger partial charge >= 0.3 is 6.18 Å². The lowest BCUT2D eigenvalue weighted by atomic mass is 9.90. The zero-order chi connectivity index (χ0) is 30.2. The van der Waals surface area contributed by atoms with Crippen molar-refractivity contribution in [2.24, 2.45) is 5.73 Å². The minimum atomic E-state index is -4.81. The number of piperidine rings is 1. The number of rotatable bonds is 12. The summed E-state index contributed by atoms with van der Waals surface area (Å²) in [5.74, 6) is -0.370. The highest BCUT2D eigenvalue weighted by Gasteiger charge is 2.34. The highest BCUT2D eigenvalue weighted by atomic mass is 35.5. The van der Waals surface area contributed by atoms with Crippen molar-refractivity contribution < 1.29 is 31.5 Å². The molecule has 1 heterocycles. The van der Waals surface area contributed by atoms with Crippen molar-refractivity contribution in [3.63, 3.8) is 0 Å². The van der Waals surface area contributed by atoms with Gasteiger partial charge in [-0.2, -0.15) is 22.0 Å². The lowest BCUT2D eigenvalue weighted by molar-refractivity contribution is -0.137. The average molecular weight is 620 g/mol. The van der Waals surface area contributed by atoms with Crippen LogP contribution in [0.5, 0.6) is 0 Å². The van der Waals surface area contributed by atoms with E-state index in [1.807, 2.05) is 25.1 Å². The molecule has 0 spiro atoms. The summed E-state index contributed by atoms with van der Waals surface area (Å²) < 4.78 is 73.8. The second-order valence-electron chi connectivity index (χ2n) is 10.1. The van der Waals surface area contributed by atoms with Crippen LogP contribution in [-0.2, 0) is 27.9 Å². The molecule has 3 rings (SSSR count). The van der Waals surface area contributed by atoms with Crippen molar-refractivity contribution in [3.05, 3.63) is 81.1 Å². The Bertz CT molecular complexity index is 1190. The van der Waals surface area contributed by atoms with Crippen LogP contribution >= 0.6 is 20.8 Å². The van der Waals surface area contributed by atoms with Gasteiger partial charge in [-0.25, -0.2) is 0 Å². The Kier molecular flexibility index (Phi) is 11.8. The fourth-order valence-electron chi connectivity index (χ4n) is 4.80. The number of ether oxygens (including phenoxy) is 1. The van der Waals surface area contributed by atoms with Gasteiger partial charge in [-0.05, 0) is 67.5 Å². The molecule has 226 valence electrons. The van der Waals surface area contributed by atoms with E-state index >= 15 is 0 Å². The Morgan fingerprint density at radius 3 is 2.51 bits per heavy atom. The average Bonchev–Trinajstić information content (AvgIpc) is 2.93. The second kappa shape index (κ2) is 14.7. The molecular weight excluding hydrogens is 584 g/mol. The lowest BCUT2D eigenvalue weighted by Gasteiger charge is -2.34. The van der Waals surface area contributed by atoms with Gasteiger partial charge in [-0.3, -0.25) is 4.79 Å². The molecule has 0 saturated carbocycles. The summed E-state index contributed by atoms with van der Waals surface area (Å²) in [5, 5.41) is 3.59. The summed E-state index contributed by atoms with van der Waals surface area (Å²) in [7, 11) is 1.26. The summed E-state index contributed by atoms with van der Waals surface area (Å²) in [4.78, 5) is 15.2. The minimum absolute atomic E-state index is 0.0197. The predicted octanol–water partition coefficient (Wildman–Crippen LogP) is 7.16. The normalized spacial score (nSPS) is 16.9. The maximum atomic E-state index is 14.0. The molecule has 0 radical (unpaired) electrons. The van der Waals surface area contributed by atoms with E-state index in [9.17, 15) is 26.7 Å². The fourth-order valence-corrected chi connectivity index (χ4v) is 5.25. The number of hydrogen-bond acceptors (Lipinski definition) is 4. The van der Waals surface area contributed by atoms with Crippen molar-refractivity contribution in [3.8, 4) is 0 Å². The Morgan fingerprint density at radius 2 is 1.85 bits per heavy atom. The third kappa shape index (κ3) is 9.55. The number of amides is 1. The van der Waals surface area contributed by atoms with Crippen LogP contribution in [0.25, 0.3) is 0 Å². The molecule has 5 nitrogen and oxygen atoms in total. The Morgan fingerprint density at radius 1 is 1.15 bits per heavy atom. The molecule has 2 unspecified atom stereocenters. The number of benzene rings is 2. The van der Waals surface area contributed by atoms with Gasteiger partial charge in [0.2, 0.25) is 0 Å². The molecule has 0 aliphatic carbocycles. The van der Waals surface area contributed by atoms with Crippen LogP contribution in [-0.4, -0.2) is 37.1 Å². The number of nitrogens with zero attached hydrogens (tertiary/aromatic N) is 1. The van der Waals surface area contributed by atoms with Crippen LogP contribution in [0.2, 0.25) is 5.02 Å². The van der Waals surface area contributed by atoms with Crippen LogP contribution < -0.4 is 11.1 Å². The van der Waals surface area contributed by atoms with Crippen LogP contribution in [0.4, 0.5) is 22.0 Å². The van der Waals surface area contributed by atoms with Crippen molar-refractivity contribution in [2.45, 2.75) is 63.3 Å². The quantitative estimate of drug-likeness (QED) is 0.115. The summed E-state index contributed by atoms with van der Waals surface area (Å²) >= 11 is 6.39. The zero-order valence-corrected chi connectivity index (χ0v) is 24.8. The van der Waals surface area contributed by atoms with Crippen molar-refractivity contribution in [1.29, 1.82) is 0 Å². The molecule has 12 heteroatoms. The molecular formula is C29H36ClF5N3O2P. The molecule has 2 aromatic carbocycles. The Hall–Kier alpha value is -2.42. The zero-order valence-electron chi connectivity index (χ0n) is 22.9. The van der Waals surface area contributed by atoms with Crippen molar-refractivity contribution in [2.75, 3.05) is 26.3 Å². The fraction of sp³-hybridized carbons (Fsp3) is 0.483. The van der Waals surface area contributed by atoms with E-state index in [0.717, 1.165) is 37.0 Å². The summed E-state index contributed by atoms with van der Waals surface area (Å²) in [6.45, 7) is 3.60. The molecule has 1 aliphatic rings. The third-order valence-electron chi connectivity index (χ3n) is 6.88. The standard InChI is InChI=1S/C29H36ClF5N3O2P/c1-2-12-40-13-6-10-25(37-17-19-14-21(28(31,32)33)16-22(15-19)29(34,35)41)26(36)27(39)38-11-5-7-20(18-38)23-8-3-4-9-24(23)30/h3-4,8-9,14-16,20,37H,2,5-7,10-13,17-18,36,41H2,1H3/b26-25-. The molecule has 0 aromatic heterocycles. The molecule has 1 aliphatic heterocycles. The van der Waals surface area contributed by atoms with Crippen LogP contribution in [0.1, 0.15) is 67.2 Å². The summed E-state index contributed by atoms with van der Waals surface area (Å²) in [6.07, 6.45) is -1.59. The molecule has 0 bridgehead atoms. The molecule has 1 saturated heterocycles. The topological polar surface area (TPSA) is 67.6 Å². The molecule has 1 fully saturated rings. The third-order valence-corrected chi connectivity index (χ3v) is 7.56. The first-order valence-corrected chi connectivity index (χ1v) is 14.5. The van der Waals surface area contributed by atoms with E-state index in [-0.39, 0.29) is 30.1 Å². The molecule has 2 aromatic rings. The Labute approximate surface area is 244 Å². The highest BCUT2D eigenvalue weighted by molar-refractivity contribution is 7.17. The smallest absolute Gasteiger partial charge is 0.393 e. The maximum Gasteiger partial charge on any atom is 0.416 e. The number of alkyl halides is 5. The van der Waals surface area contributed by atoms with Crippen molar-refractivity contribution >= 4 is 26.7 Å². The monoisotopic (exact) mass is 619 g/mol. The summed E-state index contributed by atoms with van der Waals surface area (Å²) in [6, 6.07) is 9.73. The van der Waals surface area contributed by atoms with E-state index in [0.29, 0.717) is 49.5 Å². The minimum Gasteiger partial charge on any atom is -0.393 e. The first-order chi connectivity index (χ1) is 19.3. The van der Waals surface area contributed by atoms with Gasteiger partial charge in [-0.15, -0.1) is 0 Å². The molecule has 41 heavy (non-hydrogen) atoms. The van der Waals surface area contributed by atoms with E-state index in [1.165, 1.54) is 9.24 Å². The van der Waals surface area contributed by atoms with Gasteiger partial charge in [-0.1, -0.05) is 46.0 Å². The first kappa shape index (κ1) is 33.1. The maximum absolute atomic E-state index is 14.0. The largest absolute Gasteiger partial charge is 0.416 e. The number of nitrogens with two attached hydrogens (primary N) is 1. The van der Waals surface area contributed by atoms with Gasteiger partial charge in [0.15, 0.2) is 0 Å². The van der Waals surface area contributed by atoms with E-state index in [1.54, 1.807) is 11.0 Å². The van der Waals surface area contributed by atoms with Crippen LogP contribution in [0, 0.1) is 0 Å². The number of likely N-dealkylation sites (tertiary alicyclic amines) is 1. The van der Waals surface area contributed by atoms with E-state index in [2.05, 4.69) is 5.32 Å². The summed E-state index contributed by atoms with van der Waals surface area (Å²) in [5.41, 5.74) is 2.04. The van der Waals surface area contributed by atoms with Gasteiger partial charge in [0.1, 0.15) is 5.70 Å². The van der Waals surface area contributed by atoms with Gasteiger partial charge in [0.05, 0.1) is 5.56 Å². The molecule has 2 atom stereocenters. The number of halogens is 6. The van der Waals surface area contributed by atoms with Gasteiger partial charge in [0.25, 0.3) is 11.6 Å². The second-order valence-corrected chi connectivity index (χ2v) is 11.2. The first-order valence-electron chi connectivity index (χ1n) is 13.5. The number of nitrogens with one attached hydrogen (secondary N) is 1. The van der Waals surface area contributed by atoms with E-state index in [4.69, 9.17) is 22.1 Å². The SMILES string of the molecule is CCCOCCC/C(NCc1cc(C(F)(F)F)cc(C(F)(F)P)c1)=C(/N)C(=O)N1CCCC(c2ccccc2Cl)C1. The number of carbonyl (C=O) groups is 1. The van der Waals surface area contributed by atoms with Gasteiger partial charge in [0, 0.05) is 55.0 Å². The number of hydrogen-bond donors (Lipinski definition) is 2. The van der Waals surface area contributed by atoms with Crippen LogP contribution in [0.15, 0.2) is 53.9 Å². The lowest BCUT2D eigenvalue weighted by Crippen LogP contribution is -2.42. The van der Waals surface area contributed by atoms with Crippen molar-refractivity contribution in [1.82, 2.24) is 10.2 Å². The molecule has 1 amide bonds. The van der Waals surface area contributed by atoms with Gasteiger partial charge < -0.3 is 20.7 Å². The highest BCUT2D eigenvalue weighted by Crippen LogP contribution is 2.39. The van der Waals surface area contributed by atoms with Crippen LogP contribution in [0.3, 0.4) is 0 Å².